The standard InChI is InChI=1S/C25H36O4/c1-16(26)29-18-9-11-23(2)17(15-18)5-6-19-20-7-8-22(25(4)27-13-14-28-25)24(20,3)12-10-21(19)23/h5,8,18-21H,6-7,9-15H2,1-4H3/t18-,19-,20-,21-,23+,24+/m1/s1. The molecule has 1 heterocycles. The molecule has 4 heteroatoms. The van der Waals surface area contributed by atoms with Gasteiger partial charge in [0.1, 0.15) is 6.10 Å². The minimum Gasteiger partial charge on any atom is -0.462 e. The summed E-state index contributed by atoms with van der Waals surface area (Å²) in [5, 5.41) is 0. The number of ether oxygens (including phenoxy) is 3. The highest BCUT2D eigenvalue weighted by Gasteiger charge is 2.59. The summed E-state index contributed by atoms with van der Waals surface area (Å²) < 4.78 is 17.7. The Labute approximate surface area is 175 Å². The Morgan fingerprint density at radius 2 is 1.72 bits per heavy atom. The summed E-state index contributed by atoms with van der Waals surface area (Å²) >= 11 is 0. The predicted molar refractivity (Wildman–Crippen MR) is 111 cm³/mol. The molecule has 0 radical (unpaired) electrons. The molecule has 0 N–H and O–H groups in total. The van der Waals surface area contributed by atoms with Crippen molar-refractivity contribution in [3.63, 3.8) is 0 Å². The molecule has 29 heavy (non-hydrogen) atoms. The molecular weight excluding hydrogens is 364 g/mol. The summed E-state index contributed by atoms with van der Waals surface area (Å²) in [7, 11) is 0. The molecule has 0 spiro atoms. The third kappa shape index (κ3) is 2.89. The van der Waals surface area contributed by atoms with Gasteiger partial charge < -0.3 is 14.2 Å². The van der Waals surface area contributed by atoms with Crippen LogP contribution >= 0.6 is 0 Å². The Balaban J connectivity index is 1.39. The zero-order chi connectivity index (χ0) is 20.4. The van der Waals surface area contributed by atoms with E-state index in [1.54, 1.807) is 5.57 Å². The smallest absolute Gasteiger partial charge is 0.302 e. The molecule has 1 aliphatic heterocycles. The van der Waals surface area contributed by atoms with Crippen molar-refractivity contribution >= 4 is 5.97 Å². The van der Waals surface area contributed by atoms with Crippen molar-refractivity contribution in [1.82, 2.24) is 0 Å². The molecule has 5 aliphatic rings. The van der Waals surface area contributed by atoms with Crippen molar-refractivity contribution in [2.24, 2.45) is 28.6 Å². The number of carbonyl (C=O) groups is 1. The molecule has 4 nitrogen and oxygen atoms in total. The first-order valence-corrected chi connectivity index (χ1v) is 11.6. The van der Waals surface area contributed by atoms with Crippen LogP contribution < -0.4 is 0 Å². The van der Waals surface area contributed by atoms with Gasteiger partial charge in [0, 0.05) is 13.3 Å². The zero-order valence-corrected chi connectivity index (χ0v) is 18.5. The van der Waals surface area contributed by atoms with E-state index in [1.807, 2.05) is 0 Å². The van der Waals surface area contributed by atoms with Crippen LogP contribution in [0.25, 0.3) is 0 Å². The summed E-state index contributed by atoms with van der Waals surface area (Å²) in [6.07, 6.45) is 13.0. The molecule has 1 saturated heterocycles. The summed E-state index contributed by atoms with van der Waals surface area (Å²) in [5.41, 5.74) is 3.43. The predicted octanol–water partition coefficient (Wildman–Crippen LogP) is 5.18. The normalized spacial score (nSPS) is 45.5. The van der Waals surface area contributed by atoms with Crippen LogP contribution in [0.4, 0.5) is 0 Å². The van der Waals surface area contributed by atoms with Crippen LogP contribution in [0, 0.1) is 28.6 Å². The zero-order valence-electron chi connectivity index (χ0n) is 18.5. The lowest BCUT2D eigenvalue weighted by Crippen LogP contribution is -2.51. The summed E-state index contributed by atoms with van der Waals surface area (Å²) in [6.45, 7) is 10.0. The highest BCUT2D eigenvalue weighted by atomic mass is 16.7. The van der Waals surface area contributed by atoms with Crippen LogP contribution in [0.5, 0.6) is 0 Å². The molecule has 2 saturated carbocycles. The van der Waals surface area contributed by atoms with Crippen molar-refractivity contribution < 1.29 is 19.0 Å². The summed E-state index contributed by atoms with van der Waals surface area (Å²) in [6, 6.07) is 0. The van der Waals surface area contributed by atoms with Gasteiger partial charge in [-0.1, -0.05) is 31.6 Å². The average Bonchev–Trinajstić information content (AvgIpc) is 3.25. The van der Waals surface area contributed by atoms with Crippen LogP contribution in [0.2, 0.25) is 0 Å². The molecule has 160 valence electrons. The van der Waals surface area contributed by atoms with Gasteiger partial charge in [-0.25, -0.2) is 0 Å². The maximum atomic E-state index is 11.4. The van der Waals surface area contributed by atoms with Gasteiger partial charge in [0.05, 0.1) is 13.2 Å². The summed E-state index contributed by atoms with van der Waals surface area (Å²) in [5.74, 6) is 1.49. The van der Waals surface area contributed by atoms with E-state index in [9.17, 15) is 4.79 Å². The maximum absolute atomic E-state index is 11.4. The third-order valence-electron chi connectivity index (χ3n) is 9.30. The third-order valence-corrected chi connectivity index (χ3v) is 9.30. The van der Waals surface area contributed by atoms with Gasteiger partial charge in [-0.05, 0) is 79.6 Å². The SMILES string of the molecule is CC(=O)O[C@@H]1CC[C@@]2(C)C(=CC[C@H]3[C@H]2CC[C@]2(C)C(C4(C)OCCO4)=CC[C@H]32)C1. The fraction of sp³-hybridized carbons (Fsp3) is 0.800. The summed E-state index contributed by atoms with van der Waals surface area (Å²) in [4.78, 5) is 11.4. The van der Waals surface area contributed by atoms with E-state index >= 15 is 0 Å². The van der Waals surface area contributed by atoms with Gasteiger partial charge in [-0.3, -0.25) is 4.79 Å². The van der Waals surface area contributed by atoms with E-state index in [0.29, 0.717) is 19.1 Å². The Hall–Kier alpha value is -1.13. The number of carbonyl (C=O) groups excluding carboxylic acids is 1. The van der Waals surface area contributed by atoms with Gasteiger partial charge in [0.25, 0.3) is 0 Å². The highest BCUT2D eigenvalue weighted by molar-refractivity contribution is 5.66. The van der Waals surface area contributed by atoms with Gasteiger partial charge in [0.15, 0.2) is 5.79 Å². The van der Waals surface area contributed by atoms with Gasteiger partial charge in [0.2, 0.25) is 0 Å². The fourth-order valence-corrected chi connectivity index (χ4v) is 7.90. The molecule has 3 fully saturated rings. The van der Waals surface area contributed by atoms with Crippen molar-refractivity contribution in [1.29, 1.82) is 0 Å². The minimum atomic E-state index is -0.516. The number of esters is 1. The van der Waals surface area contributed by atoms with Crippen LogP contribution in [0.1, 0.15) is 72.6 Å². The molecule has 6 atom stereocenters. The lowest BCUT2D eigenvalue weighted by Gasteiger charge is -2.58. The first kappa shape index (κ1) is 19.8. The van der Waals surface area contributed by atoms with E-state index in [2.05, 4.69) is 32.9 Å². The molecular formula is C25H36O4. The van der Waals surface area contributed by atoms with Crippen molar-refractivity contribution in [3.05, 3.63) is 23.3 Å². The van der Waals surface area contributed by atoms with Crippen molar-refractivity contribution in [2.75, 3.05) is 13.2 Å². The molecule has 0 aromatic rings. The van der Waals surface area contributed by atoms with Crippen LogP contribution in [-0.2, 0) is 19.0 Å². The number of hydrogen-bond acceptors (Lipinski definition) is 4. The molecule has 0 bridgehead atoms. The minimum absolute atomic E-state index is 0.0774. The molecule has 4 aliphatic carbocycles. The second-order valence-corrected chi connectivity index (χ2v) is 10.7. The number of fused-ring (bicyclic) bond motifs is 5. The quantitative estimate of drug-likeness (QED) is 0.473. The van der Waals surface area contributed by atoms with Crippen LogP contribution in [0.15, 0.2) is 23.3 Å². The topological polar surface area (TPSA) is 44.8 Å². The van der Waals surface area contributed by atoms with Crippen molar-refractivity contribution in [3.8, 4) is 0 Å². The van der Waals surface area contributed by atoms with Crippen LogP contribution in [0.3, 0.4) is 0 Å². The lowest BCUT2D eigenvalue weighted by molar-refractivity contribution is -0.149. The van der Waals surface area contributed by atoms with E-state index < -0.39 is 5.79 Å². The van der Waals surface area contributed by atoms with Crippen molar-refractivity contribution in [2.45, 2.75) is 84.5 Å². The molecule has 0 unspecified atom stereocenters. The van der Waals surface area contributed by atoms with E-state index in [4.69, 9.17) is 14.2 Å². The van der Waals surface area contributed by atoms with E-state index in [-0.39, 0.29) is 22.9 Å². The lowest BCUT2D eigenvalue weighted by atomic mass is 9.47. The second-order valence-electron chi connectivity index (χ2n) is 10.7. The second kappa shape index (κ2) is 6.68. The van der Waals surface area contributed by atoms with Gasteiger partial charge in [-0.2, -0.15) is 0 Å². The van der Waals surface area contributed by atoms with E-state index in [1.165, 1.54) is 31.8 Å². The first-order chi connectivity index (χ1) is 13.8. The van der Waals surface area contributed by atoms with Crippen LogP contribution in [-0.4, -0.2) is 31.1 Å². The Morgan fingerprint density at radius 1 is 1.00 bits per heavy atom. The molecule has 0 amide bonds. The molecule has 0 aromatic carbocycles. The van der Waals surface area contributed by atoms with Gasteiger partial charge >= 0.3 is 5.97 Å². The monoisotopic (exact) mass is 400 g/mol. The Kier molecular flexibility index (Phi) is 4.57. The number of allylic oxidation sites excluding steroid dienone is 2. The first-order valence-electron chi connectivity index (χ1n) is 11.6. The number of rotatable bonds is 2. The highest BCUT2D eigenvalue weighted by Crippen LogP contribution is 2.66. The average molecular weight is 401 g/mol. The molecule has 5 rings (SSSR count). The Bertz CT molecular complexity index is 761. The molecule has 0 aromatic heterocycles. The Morgan fingerprint density at radius 3 is 2.45 bits per heavy atom. The maximum Gasteiger partial charge on any atom is 0.302 e. The van der Waals surface area contributed by atoms with Gasteiger partial charge in [-0.15, -0.1) is 0 Å². The number of hydrogen-bond donors (Lipinski definition) is 0. The van der Waals surface area contributed by atoms with E-state index in [0.717, 1.165) is 37.5 Å². The fourth-order valence-electron chi connectivity index (χ4n) is 7.90. The largest absolute Gasteiger partial charge is 0.462 e.